The molecule has 106 valence electrons. The summed E-state index contributed by atoms with van der Waals surface area (Å²) in [5.74, 6) is 1.18. The minimum Gasteiger partial charge on any atom is -0.371 e. The first-order valence-electron chi connectivity index (χ1n) is 6.97. The van der Waals surface area contributed by atoms with Gasteiger partial charge in [0.2, 0.25) is 0 Å². The van der Waals surface area contributed by atoms with E-state index in [1.807, 2.05) is 6.07 Å². The second-order valence-corrected chi connectivity index (χ2v) is 6.61. The lowest BCUT2D eigenvalue weighted by Crippen LogP contribution is -2.28. The number of anilines is 1. The van der Waals surface area contributed by atoms with Crippen molar-refractivity contribution < 1.29 is 4.39 Å². The molecule has 1 aliphatic rings. The SMILES string of the molecule is CC(C)CNCC1CCN(c2ccc(Br)c(F)c2)C1. The second kappa shape index (κ2) is 6.71. The zero-order valence-corrected chi connectivity index (χ0v) is 13.2. The molecule has 2 rings (SSSR count). The Kier molecular flexibility index (Phi) is 5.22. The van der Waals surface area contributed by atoms with Gasteiger partial charge in [-0.3, -0.25) is 0 Å². The maximum atomic E-state index is 13.5. The first-order chi connectivity index (χ1) is 9.06. The summed E-state index contributed by atoms with van der Waals surface area (Å²) in [5.41, 5.74) is 0.993. The monoisotopic (exact) mass is 328 g/mol. The Hall–Kier alpha value is -0.610. The van der Waals surface area contributed by atoms with Crippen molar-refractivity contribution in [2.24, 2.45) is 11.8 Å². The van der Waals surface area contributed by atoms with Crippen molar-refractivity contribution in [3.05, 3.63) is 28.5 Å². The van der Waals surface area contributed by atoms with E-state index in [1.165, 1.54) is 6.42 Å². The van der Waals surface area contributed by atoms with Crippen LogP contribution in [-0.2, 0) is 0 Å². The third-order valence-corrected chi connectivity index (χ3v) is 4.18. The van der Waals surface area contributed by atoms with E-state index in [9.17, 15) is 4.39 Å². The summed E-state index contributed by atoms with van der Waals surface area (Å²) in [6.07, 6.45) is 1.18. The highest BCUT2D eigenvalue weighted by Gasteiger charge is 2.22. The molecule has 1 atom stereocenters. The predicted octanol–water partition coefficient (Wildman–Crippen LogP) is 3.66. The normalized spacial score (nSPS) is 19.4. The third kappa shape index (κ3) is 4.18. The van der Waals surface area contributed by atoms with Crippen LogP contribution in [0, 0.1) is 17.7 Å². The van der Waals surface area contributed by atoms with Crippen molar-refractivity contribution in [2.45, 2.75) is 20.3 Å². The minimum absolute atomic E-state index is 0.182. The van der Waals surface area contributed by atoms with E-state index in [0.29, 0.717) is 16.3 Å². The predicted molar refractivity (Wildman–Crippen MR) is 82.1 cm³/mol. The lowest BCUT2D eigenvalue weighted by molar-refractivity contribution is 0.477. The molecule has 0 bridgehead atoms. The van der Waals surface area contributed by atoms with Crippen molar-refractivity contribution in [3.8, 4) is 0 Å². The van der Waals surface area contributed by atoms with Gasteiger partial charge in [-0.2, -0.15) is 0 Å². The quantitative estimate of drug-likeness (QED) is 0.887. The average Bonchev–Trinajstić information content (AvgIpc) is 2.81. The molecular weight excluding hydrogens is 307 g/mol. The number of nitrogens with one attached hydrogen (secondary N) is 1. The van der Waals surface area contributed by atoms with Gasteiger partial charge in [0.1, 0.15) is 5.82 Å². The molecule has 1 fully saturated rings. The summed E-state index contributed by atoms with van der Waals surface area (Å²) in [4.78, 5) is 2.28. The number of halogens is 2. The van der Waals surface area contributed by atoms with Gasteiger partial charge < -0.3 is 10.2 Å². The molecule has 1 aromatic carbocycles. The van der Waals surface area contributed by atoms with E-state index < -0.39 is 0 Å². The summed E-state index contributed by atoms with van der Waals surface area (Å²) < 4.78 is 14.1. The van der Waals surface area contributed by atoms with Crippen LogP contribution in [0.3, 0.4) is 0 Å². The molecule has 1 N–H and O–H groups in total. The summed E-state index contributed by atoms with van der Waals surface area (Å²) in [7, 11) is 0. The van der Waals surface area contributed by atoms with Gasteiger partial charge in [-0.1, -0.05) is 13.8 Å². The van der Waals surface area contributed by atoms with Gasteiger partial charge >= 0.3 is 0 Å². The van der Waals surface area contributed by atoms with E-state index in [2.05, 4.69) is 40.0 Å². The molecule has 0 saturated carbocycles. The van der Waals surface area contributed by atoms with E-state index in [0.717, 1.165) is 31.9 Å². The van der Waals surface area contributed by atoms with E-state index in [4.69, 9.17) is 0 Å². The lowest BCUT2D eigenvalue weighted by Gasteiger charge is -2.19. The molecule has 0 amide bonds. The zero-order chi connectivity index (χ0) is 13.8. The first-order valence-corrected chi connectivity index (χ1v) is 7.76. The van der Waals surface area contributed by atoms with Crippen LogP contribution in [0.1, 0.15) is 20.3 Å². The fourth-order valence-corrected chi connectivity index (χ4v) is 2.74. The number of benzene rings is 1. The Morgan fingerprint density at radius 3 is 2.95 bits per heavy atom. The van der Waals surface area contributed by atoms with E-state index in [1.54, 1.807) is 12.1 Å². The van der Waals surface area contributed by atoms with E-state index in [-0.39, 0.29) is 5.82 Å². The molecule has 1 aliphatic heterocycles. The highest BCUT2D eigenvalue weighted by Crippen LogP contribution is 2.27. The Morgan fingerprint density at radius 2 is 2.26 bits per heavy atom. The minimum atomic E-state index is -0.182. The number of rotatable bonds is 5. The van der Waals surface area contributed by atoms with Crippen molar-refractivity contribution in [2.75, 3.05) is 31.1 Å². The largest absolute Gasteiger partial charge is 0.371 e. The van der Waals surface area contributed by atoms with Crippen LogP contribution in [0.5, 0.6) is 0 Å². The molecule has 1 heterocycles. The number of nitrogens with zero attached hydrogens (tertiary/aromatic N) is 1. The molecule has 2 nitrogen and oxygen atoms in total. The maximum absolute atomic E-state index is 13.5. The van der Waals surface area contributed by atoms with Crippen molar-refractivity contribution in [3.63, 3.8) is 0 Å². The maximum Gasteiger partial charge on any atom is 0.139 e. The van der Waals surface area contributed by atoms with Crippen LogP contribution in [0.15, 0.2) is 22.7 Å². The van der Waals surface area contributed by atoms with Crippen LogP contribution in [0.4, 0.5) is 10.1 Å². The molecule has 0 aliphatic carbocycles. The second-order valence-electron chi connectivity index (χ2n) is 5.75. The Balaban J connectivity index is 1.85. The van der Waals surface area contributed by atoms with Crippen LogP contribution < -0.4 is 10.2 Å². The van der Waals surface area contributed by atoms with Crippen molar-refractivity contribution in [1.29, 1.82) is 0 Å². The highest BCUT2D eigenvalue weighted by molar-refractivity contribution is 9.10. The highest BCUT2D eigenvalue weighted by atomic mass is 79.9. The Labute approximate surface area is 123 Å². The molecular formula is C15H22BrFN2. The smallest absolute Gasteiger partial charge is 0.139 e. The van der Waals surface area contributed by atoms with Gasteiger partial charge in [0, 0.05) is 18.8 Å². The lowest BCUT2D eigenvalue weighted by atomic mass is 10.1. The third-order valence-electron chi connectivity index (χ3n) is 3.54. The van der Waals surface area contributed by atoms with E-state index >= 15 is 0 Å². The van der Waals surface area contributed by atoms with Gasteiger partial charge in [-0.05, 0) is 65.5 Å². The van der Waals surface area contributed by atoms with Gasteiger partial charge in [0.15, 0.2) is 0 Å². The molecule has 19 heavy (non-hydrogen) atoms. The van der Waals surface area contributed by atoms with Crippen LogP contribution >= 0.6 is 15.9 Å². The standard InChI is InChI=1S/C15H22BrFN2/c1-11(2)8-18-9-12-5-6-19(10-12)13-3-4-14(16)15(17)7-13/h3-4,7,11-12,18H,5-6,8-10H2,1-2H3. The molecule has 4 heteroatoms. The van der Waals surface area contributed by atoms with Crippen LogP contribution in [0.2, 0.25) is 0 Å². The fraction of sp³-hybridized carbons (Fsp3) is 0.600. The van der Waals surface area contributed by atoms with Crippen molar-refractivity contribution in [1.82, 2.24) is 5.32 Å². The summed E-state index contributed by atoms with van der Waals surface area (Å²) in [5, 5.41) is 3.51. The molecule has 0 spiro atoms. The van der Waals surface area contributed by atoms with Gasteiger partial charge in [0.25, 0.3) is 0 Å². The molecule has 1 aromatic rings. The molecule has 0 aromatic heterocycles. The Bertz CT molecular complexity index is 423. The van der Waals surface area contributed by atoms with Crippen LogP contribution in [0.25, 0.3) is 0 Å². The Morgan fingerprint density at radius 1 is 1.47 bits per heavy atom. The topological polar surface area (TPSA) is 15.3 Å². The van der Waals surface area contributed by atoms with Crippen molar-refractivity contribution >= 4 is 21.6 Å². The van der Waals surface area contributed by atoms with Crippen LogP contribution in [-0.4, -0.2) is 26.2 Å². The molecule has 1 saturated heterocycles. The summed E-state index contributed by atoms with van der Waals surface area (Å²) in [6, 6.07) is 5.39. The number of hydrogen-bond donors (Lipinski definition) is 1. The molecule has 0 radical (unpaired) electrons. The van der Waals surface area contributed by atoms with Gasteiger partial charge in [-0.15, -0.1) is 0 Å². The van der Waals surface area contributed by atoms with Gasteiger partial charge in [0.05, 0.1) is 4.47 Å². The summed E-state index contributed by atoms with van der Waals surface area (Å²) in [6.45, 7) is 8.62. The fourth-order valence-electron chi connectivity index (χ4n) is 2.49. The molecule has 1 unspecified atom stereocenters. The number of hydrogen-bond acceptors (Lipinski definition) is 2. The zero-order valence-electron chi connectivity index (χ0n) is 11.6. The first kappa shape index (κ1) is 14.8. The average molecular weight is 329 g/mol. The van der Waals surface area contributed by atoms with Gasteiger partial charge in [-0.25, -0.2) is 4.39 Å². The summed E-state index contributed by atoms with van der Waals surface area (Å²) >= 11 is 3.19.